The number of hydrogen-bond acceptors (Lipinski definition) is 2. The van der Waals surface area contributed by atoms with E-state index in [0.29, 0.717) is 6.54 Å². The fourth-order valence-corrected chi connectivity index (χ4v) is 3.05. The molecule has 0 bridgehead atoms. The Hall–Kier alpha value is -3.02. The number of benzene rings is 1. The summed E-state index contributed by atoms with van der Waals surface area (Å²) in [6.07, 6.45) is 2.89. The van der Waals surface area contributed by atoms with E-state index in [-0.39, 0.29) is 6.03 Å². The first kappa shape index (κ1) is 14.6. The highest BCUT2D eigenvalue weighted by Gasteiger charge is 2.25. The van der Waals surface area contributed by atoms with Crippen LogP contribution in [0.1, 0.15) is 6.42 Å². The third-order valence-electron chi connectivity index (χ3n) is 4.26. The summed E-state index contributed by atoms with van der Waals surface area (Å²) >= 11 is 0. The lowest BCUT2D eigenvalue weighted by molar-refractivity contribution is 0.255. The maximum absolute atomic E-state index is 12.7. The molecule has 6 heteroatoms. The van der Waals surface area contributed by atoms with Gasteiger partial charge in [-0.15, -0.1) is 0 Å². The number of carbonyl (C=O) groups is 1. The number of amides is 2. The molecule has 4 rings (SSSR count). The highest BCUT2D eigenvalue weighted by atomic mass is 16.2. The summed E-state index contributed by atoms with van der Waals surface area (Å²) in [7, 11) is 1.99. The van der Waals surface area contributed by atoms with Gasteiger partial charge in [0.25, 0.3) is 0 Å². The molecule has 1 aliphatic heterocycles. The third-order valence-corrected chi connectivity index (χ3v) is 4.26. The predicted octanol–water partition coefficient (Wildman–Crippen LogP) is 3.33. The van der Waals surface area contributed by atoms with Gasteiger partial charge < -0.3 is 9.88 Å². The van der Waals surface area contributed by atoms with Gasteiger partial charge in [-0.1, -0.05) is 18.2 Å². The second-order valence-electron chi connectivity index (χ2n) is 5.92. The van der Waals surface area contributed by atoms with Crippen LogP contribution in [-0.4, -0.2) is 26.9 Å². The Morgan fingerprint density at radius 2 is 1.96 bits per heavy atom. The predicted molar refractivity (Wildman–Crippen MR) is 94.1 cm³/mol. The lowest BCUT2D eigenvalue weighted by Crippen LogP contribution is -2.40. The first-order chi connectivity index (χ1) is 11.7. The Kier molecular flexibility index (Phi) is 3.57. The summed E-state index contributed by atoms with van der Waals surface area (Å²) in [6, 6.07) is 15.4. The number of fused-ring (bicyclic) bond motifs is 1. The number of anilines is 2. The molecular formula is C18H19N5O. The molecule has 0 radical (unpaired) electrons. The molecule has 0 spiro atoms. The van der Waals surface area contributed by atoms with Crippen LogP contribution in [0.5, 0.6) is 0 Å². The summed E-state index contributed by atoms with van der Waals surface area (Å²) in [5, 5.41) is 7.62. The number of carbonyl (C=O) groups excluding carboxylic acids is 1. The number of nitrogens with one attached hydrogen (secondary N) is 1. The minimum Gasteiger partial charge on any atom is -0.349 e. The number of hydrogen-bond donors (Lipinski definition) is 1. The molecular weight excluding hydrogens is 302 g/mol. The molecule has 0 aliphatic carbocycles. The summed E-state index contributed by atoms with van der Waals surface area (Å²) in [4.78, 5) is 14.4. The first-order valence-corrected chi connectivity index (χ1v) is 8.05. The molecule has 2 aromatic heterocycles. The van der Waals surface area contributed by atoms with E-state index >= 15 is 0 Å². The van der Waals surface area contributed by atoms with Gasteiger partial charge >= 0.3 is 6.03 Å². The van der Waals surface area contributed by atoms with Crippen molar-refractivity contribution in [3.05, 3.63) is 54.7 Å². The normalized spacial score (nSPS) is 13.6. The van der Waals surface area contributed by atoms with Gasteiger partial charge in [-0.2, -0.15) is 5.10 Å². The lowest BCUT2D eigenvalue weighted by atomic mass is 10.2. The Bertz CT molecular complexity index is 865. The molecule has 0 fully saturated rings. The molecule has 1 aromatic carbocycles. The summed E-state index contributed by atoms with van der Waals surface area (Å²) in [5.74, 6) is 0.839. The largest absolute Gasteiger partial charge is 0.349 e. The second-order valence-corrected chi connectivity index (χ2v) is 5.92. The fourth-order valence-electron chi connectivity index (χ4n) is 3.05. The molecule has 1 N–H and O–H groups in total. The summed E-state index contributed by atoms with van der Waals surface area (Å²) < 4.78 is 3.94. The van der Waals surface area contributed by atoms with Crippen LogP contribution in [-0.2, 0) is 13.6 Å². The van der Waals surface area contributed by atoms with Crippen LogP contribution in [0.4, 0.5) is 16.3 Å². The standard InChI is InChI=1S/C18H19N5O/c1-21-10-5-9-16(21)15-13-17-22(11-6-12-23(17)20-15)18(24)19-14-7-3-2-4-8-14/h2-5,7-10,13H,6,11-12H2,1H3,(H,19,24). The zero-order chi connectivity index (χ0) is 16.5. The molecule has 3 aromatic rings. The number of aryl methyl sites for hydroxylation is 2. The zero-order valence-corrected chi connectivity index (χ0v) is 13.5. The second kappa shape index (κ2) is 5.88. The average Bonchev–Trinajstić information content (AvgIpc) is 3.20. The van der Waals surface area contributed by atoms with E-state index in [1.54, 1.807) is 4.90 Å². The van der Waals surface area contributed by atoms with Gasteiger partial charge in [0.1, 0.15) is 11.5 Å². The zero-order valence-electron chi connectivity index (χ0n) is 13.5. The lowest BCUT2D eigenvalue weighted by Gasteiger charge is -2.27. The molecule has 0 saturated heterocycles. The molecule has 3 heterocycles. The van der Waals surface area contributed by atoms with E-state index in [9.17, 15) is 4.79 Å². The Labute approximate surface area is 140 Å². The maximum atomic E-state index is 12.7. The van der Waals surface area contributed by atoms with Crippen molar-refractivity contribution in [2.45, 2.75) is 13.0 Å². The van der Waals surface area contributed by atoms with Crippen LogP contribution in [0.2, 0.25) is 0 Å². The first-order valence-electron chi connectivity index (χ1n) is 8.05. The van der Waals surface area contributed by atoms with Gasteiger partial charge in [0.15, 0.2) is 0 Å². The smallest absolute Gasteiger partial charge is 0.327 e. The van der Waals surface area contributed by atoms with Gasteiger partial charge in [-0.25, -0.2) is 9.48 Å². The van der Waals surface area contributed by atoms with Gasteiger partial charge in [0.2, 0.25) is 0 Å². The third kappa shape index (κ3) is 2.56. The van der Waals surface area contributed by atoms with Crippen molar-refractivity contribution in [3.63, 3.8) is 0 Å². The van der Waals surface area contributed by atoms with Gasteiger partial charge in [0.05, 0.1) is 5.69 Å². The summed E-state index contributed by atoms with van der Waals surface area (Å²) in [6.45, 7) is 1.52. The molecule has 122 valence electrons. The molecule has 0 unspecified atom stereocenters. The average molecular weight is 321 g/mol. The highest BCUT2D eigenvalue weighted by Crippen LogP contribution is 2.28. The monoisotopic (exact) mass is 321 g/mol. The highest BCUT2D eigenvalue weighted by molar-refractivity contribution is 6.01. The van der Waals surface area contributed by atoms with Crippen LogP contribution in [0, 0.1) is 0 Å². The van der Waals surface area contributed by atoms with Crippen molar-refractivity contribution in [3.8, 4) is 11.4 Å². The van der Waals surface area contributed by atoms with E-state index < -0.39 is 0 Å². The minimum absolute atomic E-state index is 0.125. The SMILES string of the molecule is Cn1cccc1-c1cc2n(n1)CCCN2C(=O)Nc1ccccc1. The van der Waals surface area contributed by atoms with E-state index in [1.807, 2.05) is 71.0 Å². The van der Waals surface area contributed by atoms with Crippen molar-refractivity contribution >= 4 is 17.5 Å². The van der Waals surface area contributed by atoms with E-state index in [2.05, 4.69) is 10.4 Å². The maximum Gasteiger partial charge on any atom is 0.327 e. The van der Waals surface area contributed by atoms with Crippen molar-refractivity contribution < 1.29 is 4.79 Å². The van der Waals surface area contributed by atoms with Crippen molar-refractivity contribution in [2.24, 2.45) is 7.05 Å². The van der Waals surface area contributed by atoms with Gasteiger partial charge in [-0.3, -0.25) is 4.90 Å². The van der Waals surface area contributed by atoms with E-state index in [4.69, 9.17) is 0 Å². The van der Waals surface area contributed by atoms with Gasteiger partial charge in [-0.05, 0) is 30.7 Å². The summed E-state index contributed by atoms with van der Waals surface area (Å²) in [5.41, 5.74) is 2.72. The minimum atomic E-state index is -0.125. The molecule has 1 aliphatic rings. The van der Waals surface area contributed by atoms with Gasteiger partial charge in [0, 0.05) is 38.1 Å². The number of para-hydroxylation sites is 1. The molecule has 0 atom stereocenters. The topological polar surface area (TPSA) is 55.1 Å². The number of rotatable bonds is 2. The van der Waals surface area contributed by atoms with Crippen molar-refractivity contribution in [2.75, 3.05) is 16.8 Å². The number of nitrogens with zero attached hydrogens (tertiary/aromatic N) is 4. The molecule has 24 heavy (non-hydrogen) atoms. The number of aromatic nitrogens is 3. The Balaban J connectivity index is 1.63. The molecule has 2 amide bonds. The molecule has 6 nitrogen and oxygen atoms in total. The Morgan fingerprint density at radius 3 is 2.71 bits per heavy atom. The van der Waals surface area contributed by atoms with Crippen LogP contribution in [0.3, 0.4) is 0 Å². The van der Waals surface area contributed by atoms with Crippen LogP contribution >= 0.6 is 0 Å². The van der Waals surface area contributed by atoms with Crippen LogP contribution in [0.15, 0.2) is 54.7 Å². The van der Waals surface area contributed by atoms with E-state index in [0.717, 1.165) is 35.9 Å². The van der Waals surface area contributed by atoms with E-state index in [1.165, 1.54) is 0 Å². The Morgan fingerprint density at radius 1 is 1.12 bits per heavy atom. The fraction of sp³-hybridized carbons (Fsp3) is 0.222. The number of urea groups is 1. The molecule has 0 saturated carbocycles. The van der Waals surface area contributed by atoms with Crippen LogP contribution < -0.4 is 10.2 Å². The van der Waals surface area contributed by atoms with Crippen molar-refractivity contribution in [1.29, 1.82) is 0 Å². The van der Waals surface area contributed by atoms with Crippen LogP contribution in [0.25, 0.3) is 11.4 Å². The quantitative estimate of drug-likeness (QED) is 0.787. The van der Waals surface area contributed by atoms with Crippen molar-refractivity contribution in [1.82, 2.24) is 14.3 Å².